The maximum absolute atomic E-state index is 11.9. The molecule has 1 amide bonds. The van der Waals surface area contributed by atoms with Crippen LogP contribution in [0.1, 0.15) is 45.4 Å². The molecule has 0 spiro atoms. The predicted octanol–water partition coefficient (Wildman–Crippen LogP) is 1.72. The average molecular weight is 269 g/mol. The Morgan fingerprint density at radius 3 is 2.79 bits per heavy atom. The Labute approximate surface area is 115 Å². The van der Waals surface area contributed by atoms with Crippen LogP contribution in [-0.2, 0) is 9.53 Å². The maximum atomic E-state index is 11.9. The van der Waals surface area contributed by atoms with E-state index in [0.29, 0.717) is 31.9 Å². The first kappa shape index (κ1) is 14.8. The van der Waals surface area contributed by atoms with E-state index in [9.17, 15) is 9.90 Å². The smallest absolute Gasteiger partial charge is 0.220 e. The quantitative estimate of drug-likeness (QED) is 0.740. The fourth-order valence-electron chi connectivity index (χ4n) is 3.64. The van der Waals surface area contributed by atoms with E-state index in [-0.39, 0.29) is 5.91 Å². The number of amides is 1. The first-order chi connectivity index (χ1) is 9.00. The SMILES string of the molecule is COCCC(C)(O)CNC(=O)CC1CC2CCC1C2. The van der Waals surface area contributed by atoms with Crippen molar-refractivity contribution < 1.29 is 14.6 Å². The van der Waals surface area contributed by atoms with Crippen molar-refractivity contribution in [1.29, 1.82) is 0 Å². The number of methoxy groups -OCH3 is 1. The van der Waals surface area contributed by atoms with Crippen molar-refractivity contribution in [1.82, 2.24) is 5.32 Å². The van der Waals surface area contributed by atoms with Crippen molar-refractivity contribution in [2.24, 2.45) is 17.8 Å². The molecular weight excluding hydrogens is 242 g/mol. The Hall–Kier alpha value is -0.610. The number of rotatable bonds is 7. The molecule has 0 saturated heterocycles. The molecule has 4 unspecified atom stereocenters. The van der Waals surface area contributed by atoms with Gasteiger partial charge in [0, 0.05) is 33.1 Å². The molecule has 0 aliphatic heterocycles. The number of carbonyl (C=O) groups excluding carboxylic acids is 1. The second kappa shape index (κ2) is 6.23. The lowest BCUT2D eigenvalue weighted by Gasteiger charge is -2.25. The maximum Gasteiger partial charge on any atom is 0.220 e. The number of aliphatic hydroxyl groups is 1. The Bertz CT molecular complexity index is 317. The molecule has 0 aromatic heterocycles. The molecular formula is C15H27NO3. The van der Waals surface area contributed by atoms with Gasteiger partial charge in [-0.2, -0.15) is 0 Å². The topological polar surface area (TPSA) is 58.6 Å². The monoisotopic (exact) mass is 269 g/mol. The van der Waals surface area contributed by atoms with E-state index in [4.69, 9.17) is 4.74 Å². The van der Waals surface area contributed by atoms with Gasteiger partial charge in [0.2, 0.25) is 5.91 Å². The zero-order chi connectivity index (χ0) is 13.9. The predicted molar refractivity (Wildman–Crippen MR) is 73.7 cm³/mol. The molecule has 4 atom stereocenters. The molecule has 4 heteroatoms. The summed E-state index contributed by atoms with van der Waals surface area (Å²) in [5.74, 6) is 2.34. The van der Waals surface area contributed by atoms with Gasteiger partial charge in [-0.1, -0.05) is 6.42 Å². The van der Waals surface area contributed by atoms with Gasteiger partial charge in [-0.3, -0.25) is 4.79 Å². The van der Waals surface area contributed by atoms with Crippen LogP contribution in [0.25, 0.3) is 0 Å². The number of ether oxygens (including phenoxy) is 1. The van der Waals surface area contributed by atoms with Gasteiger partial charge in [-0.05, 0) is 43.9 Å². The second-order valence-corrected chi connectivity index (χ2v) is 6.66. The highest BCUT2D eigenvalue weighted by atomic mass is 16.5. The Balaban J connectivity index is 1.67. The lowest BCUT2D eigenvalue weighted by molar-refractivity contribution is -0.123. The van der Waals surface area contributed by atoms with Crippen molar-refractivity contribution in [3.63, 3.8) is 0 Å². The molecule has 0 radical (unpaired) electrons. The van der Waals surface area contributed by atoms with Crippen LogP contribution in [0.2, 0.25) is 0 Å². The molecule has 110 valence electrons. The third kappa shape index (κ3) is 4.18. The van der Waals surface area contributed by atoms with Crippen LogP contribution < -0.4 is 5.32 Å². The third-order valence-electron chi connectivity index (χ3n) is 4.84. The average Bonchev–Trinajstić information content (AvgIpc) is 2.96. The Morgan fingerprint density at radius 2 is 2.21 bits per heavy atom. The van der Waals surface area contributed by atoms with Gasteiger partial charge in [0.05, 0.1) is 5.60 Å². The van der Waals surface area contributed by atoms with Gasteiger partial charge in [-0.15, -0.1) is 0 Å². The fourth-order valence-corrected chi connectivity index (χ4v) is 3.64. The summed E-state index contributed by atoms with van der Waals surface area (Å²) in [5.41, 5.74) is -0.875. The zero-order valence-corrected chi connectivity index (χ0v) is 12.2. The van der Waals surface area contributed by atoms with Crippen molar-refractivity contribution in [3.8, 4) is 0 Å². The molecule has 2 bridgehead atoms. The van der Waals surface area contributed by atoms with E-state index < -0.39 is 5.60 Å². The van der Waals surface area contributed by atoms with Gasteiger partial charge in [0.15, 0.2) is 0 Å². The molecule has 19 heavy (non-hydrogen) atoms. The minimum atomic E-state index is -0.875. The van der Waals surface area contributed by atoms with Gasteiger partial charge in [0.25, 0.3) is 0 Å². The van der Waals surface area contributed by atoms with Gasteiger partial charge >= 0.3 is 0 Å². The number of nitrogens with one attached hydrogen (secondary N) is 1. The van der Waals surface area contributed by atoms with E-state index in [2.05, 4.69) is 5.32 Å². The van der Waals surface area contributed by atoms with Crippen molar-refractivity contribution >= 4 is 5.91 Å². The van der Waals surface area contributed by atoms with E-state index in [1.54, 1.807) is 14.0 Å². The van der Waals surface area contributed by atoms with Crippen molar-refractivity contribution in [2.75, 3.05) is 20.3 Å². The molecule has 2 N–H and O–H groups in total. The summed E-state index contributed by atoms with van der Waals surface area (Å²) in [6, 6.07) is 0. The van der Waals surface area contributed by atoms with E-state index in [1.807, 2.05) is 0 Å². The summed E-state index contributed by atoms with van der Waals surface area (Å²) in [4.78, 5) is 11.9. The number of hydrogen-bond donors (Lipinski definition) is 2. The number of carbonyl (C=O) groups is 1. The van der Waals surface area contributed by atoms with E-state index in [0.717, 1.165) is 11.8 Å². The first-order valence-electron chi connectivity index (χ1n) is 7.48. The Morgan fingerprint density at radius 1 is 1.42 bits per heavy atom. The van der Waals surface area contributed by atoms with Crippen LogP contribution in [0.5, 0.6) is 0 Å². The van der Waals surface area contributed by atoms with Crippen molar-refractivity contribution in [3.05, 3.63) is 0 Å². The van der Waals surface area contributed by atoms with Crippen LogP contribution in [0, 0.1) is 17.8 Å². The molecule has 2 aliphatic carbocycles. The summed E-state index contributed by atoms with van der Waals surface area (Å²) in [6.07, 6.45) is 6.43. The molecule has 2 rings (SSSR count). The number of hydrogen-bond acceptors (Lipinski definition) is 3. The van der Waals surface area contributed by atoms with Crippen LogP contribution in [0.15, 0.2) is 0 Å². The molecule has 0 aromatic carbocycles. The molecule has 2 aliphatic rings. The fraction of sp³-hybridized carbons (Fsp3) is 0.933. The van der Waals surface area contributed by atoms with E-state index >= 15 is 0 Å². The van der Waals surface area contributed by atoms with Gasteiger partial charge in [-0.25, -0.2) is 0 Å². The highest BCUT2D eigenvalue weighted by molar-refractivity contribution is 5.76. The van der Waals surface area contributed by atoms with Crippen LogP contribution in [-0.4, -0.2) is 36.9 Å². The standard InChI is InChI=1S/C15H27NO3/c1-15(18,5-6-19-2)10-16-14(17)9-13-8-11-3-4-12(13)7-11/h11-13,18H,3-10H2,1-2H3,(H,16,17). The first-order valence-corrected chi connectivity index (χ1v) is 7.48. The molecule has 2 fully saturated rings. The van der Waals surface area contributed by atoms with Crippen LogP contribution >= 0.6 is 0 Å². The highest BCUT2D eigenvalue weighted by Gasteiger charge is 2.40. The van der Waals surface area contributed by atoms with Crippen molar-refractivity contribution in [2.45, 2.75) is 51.0 Å². The third-order valence-corrected chi connectivity index (χ3v) is 4.84. The second-order valence-electron chi connectivity index (χ2n) is 6.66. The summed E-state index contributed by atoms with van der Waals surface area (Å²) in [5, 5.41) is 12.9. The van der Waals surface area contributed by atoms with Crippen LogP contribution in [0.4, 0.5) is 0 Å². The zero-order valence-electron chi connectivity index (χ0n) is 12.2. The largest absolute Gasteiger partial charge is 0.388 e. The number of fused-ring (bicyclic) bond motifs is 2. The van der Waals surface area contributed by atoms with Gasteiger partial charge < -0.3 is 15.2 Å². The normalized spacial score (nSPS) is 32.3. The molecule has 0 aromatic rings. The molecule has 0 heterocycles. The van der Waals surface area contributed by atoms with E-state index in [1.165, 1.54) is 25.7 Å². The summed E-state index contributed by atoms with van der Waals surface area (Å²) >= 11 is 0. The molecule has 2 saturated carbocycles. The lowest BCUT2D eigenvalue weighted by atomic mass is 9.86. The summed E-state index contributed by atoms with van der Waals surface area (Å²) in [6.45, 7) is 2.56. The molecule has 4 nitrogen and oxygen atoms in total. The minimum absolute atomic E-state index is 0.0928. The Kier molecular flexibility index (Phi) is 4.85. The minimum Gasteiger partial charge on any atom is -0.388 e. The summed E-state index contributed by atoms with van der Waals surface area (Å²) < 4.78 is 4.95. The van der Waals surface area contributed by atoms with Crippen LogP contribution in [0.3, 0.4) is 0 Å². The highest BCUT2D eigenvalue weighted by Crippen LogP contribution is 2.49. The summed E-state index contributed by atoms with van der Waals surface area (Å²) in [7, 11) is 1.61. The van der Waals surface area contributed by atoms with Gasteiger partial charge in [0.1, 0.15) is 0 Å². The lowest BCUT2D eigenvalue weighted by Crippen LogP contribution is -2.42.